The predicted octanol–water partition coefficient (Wildman–Crippen LogP) is 2.27. The summed E-state index contributed by atoms with van der Waals surface area (Å²) in [5.41, 5.74) is 0.965. The van der Waals surface area contributed by atoms with Gasteiger partial charge in [-0.3, -0.25) is 4.90 Å². The summed E-state index contributed by atoms with van der Waals surface area (Å²) in [6.45, 7) is 2.35. The first-order valence-electron chi connectivity index (χ1n) is 7.36. The van der Waals surface area contributed by atoms with Gasteiger partial charge in [-0.15, -0.1) is 0 Å². The molecule has 0 radical (unpaired) electrons. The molecule has 1 aromatic carbocycles. The Morgan fingerprint density at radius 1 is 1.13 bits per heavy atom. The van der Waals surface area contributed by atoms with Crippen LogP contribution in [0.25, 0.3) is 11.6 Å². The second-order valence-corrected chi connectivity index (χ2v) is 5.55. The Morgan fingerprint density at radius 3 is 2.74 bits per heavy atom. The maximum absolute atomic E-state index is 13.2. The van der Waals surface area contributed by atoms with Crippen LogP contribution in [0, 0.1) is 5.82 Å². The first-order chi connectivity index (χ1) is 11.3. The second-order valence-electron chi connectivity index (χ2n) is 5.55. The van der Waals surface area contributed by atoms with Crippen molar-refractivity contribution >= 4 is 0 Å². The molecule has 23 heavy (non-hydrogen) atoms. The molecule has 0 bridgehead atoms. The first kappa shape index (κ1) is 14.0. The molecular weight excluding hydrogens is 297 g/mol. The van der Waals surface area contributed by atoms with E-state index in [2.05, 4.69) is 25.0 Å². The number of nitrogens with zero attached hydrogens (tertiary/aromatic N) is 5. The normalized spacial score (nSPS) is 15.5. The van der Waals surface area contributed by atoms with Crippen LogP contribution >= 0.6 is 0 Å². The predicted molar refractivity (Wildman–Crippen MR) is 79.7 cm³/mol. The highest BCUT2D eigenvalue weighted by Crippen LogP contribution is 2.28. The minimum absolute atomic E-state index is 0.202. The maximum atomic E-state index is 13.2. The highest BCUT2D eigenvalue weighted by Gasteiger charge is 2.32. The van der Waals surface area contributed by atoms with Crippen molar-refractivity contribution in [1.82, 2.24) is 25.0 Å². The van der Waals surface area contributed by atoms with E-state index in [1.54, 1.807) is 30.6 Å². The molecule has 0 saturated carbocycles. The highest BCUT2D eigenvalue weighted by molar-refractivity contribution is 5.40. The van der Waals surface area contributed by atoms with Gasteiger partial charge in [0.2, 0.25) is 17.5 Å². The van der Waals surface area contributed by atoms with Crippen molar-refractivity contribution in [3.05, 3.63) is 60.0 Å². The highest BCUT2D eigenvalue weighted by atomic mass is 19.1. The number of likely N-dealkylation sites (tertiary alicyclic amines) is 1. The van der Waals surface area contributed by atoms with Crippen LogP contribution in [-0.4, -0.2) is 38.1 Å². The van der Waals surface area contributed by atoms with Gasteiger partial charge in [-0.1, -0.05) is 17.3 Å². The Kier molecular flexibility index (Phi) is 3.55. The number of hydrogen-bond acceptors (Lipinski definition) is 6. The molecule has 0 unspecified atom stereocenters. The third-order valence-corrected chi connectivity index (χ3v) is 3.81. The van der Waals surface area contributed by atoms with Gasteiger partial charge in [0, 0.05) is 32.0 Å². The van der Waals surface area contributed by atoms with Crippen molar-refractivity contribution in [3.63, 3.8) is 0 Å². The fourth-order valence-corrected chi connectivity index (χ4v) is 2.66. The van der Waals surface area contributed by atoms with Crippen LogP contribution in [0.15, 0.2) is 47.2 Å². The minimum Gasteiger partial charge on any atom is -0.338 e. The van der Waals surface area contributed by atoms with Crippen molar-refractivity contribution in [2.24, 2.45) is 0 Å². The molecule has 1 fully saturated rings. The zero-order valence-corrected chi connectivity index (χ0v) is 12.3. The van der Waals surface area contributed by atoms with Gasteiger partial charge in [-0.05, 0) is 23.8 Å². The molecule has 3 heterocycles. The molecule has 1 aliphatic rings. The van der Waals surface area contributed by atoms with Crippen molar-refractivity contribution in [2.75, 3.05) is 13.1 Å². The average Bonchev–Trinajstić information content (AvgIpc) is 3.01. The molecule has 0 spiro atoms. The van der Waals surface area contributed by atoms with E-state index in [9.17, 15) is 4.39 Å². The number of halogens is 1. The number of rotatable bonds is 4. The van der Waals surface area contributed by atoms with E-state index >= 15 is 0 Å². The Labute approximate surface area is 132 Å². The summed E-state index contributed by atoms with van der Waals surface area (Å²) in [5.74, 6) is 1.46. The molecule has 4 rings (SSSR count). The van der Waals surface area contributed by atoms with Crippen LogP contribution in [0.5, 0.6) is 0 Å². The summed E-state index contributed by atoms with van der Waals surface area (Å²) in [5, 5.41) is 3.93. The van der Waals surface area contributed by atoms with Gasteiger partial charge < -0.3 is 4.52 Å². The average molecular weight is 311 g/mol. The fraction of sp³-hybridized carbons (Fsp3) is 0.250. The Morgan fingerprint density at radius 2 is 1.96 bits per heavy atom. The van der Waals surface area contributed by atoms with Crippen LogP contribution in [0.3, 0.4) is 0 Å². The Balaban J connectivity index is 1.38. The largest absolute Gasteiger partial charge is 0.338 e. The van der Waals surface area contributed by atoms with Gasteiger partial charge in [0.15, 0.2) is 0 Å². The van der Waals surface area contributed by atoms with Gasteiger partial charge >= 0.3 is 0 Å². The molecule has 0 amide bonds. The summed E-state index contributed by atoms with van der Waals surface area (Å²) in [6.07, 6.45) is 3.28. The van der Waals surface area contributed by atoms with Gasteiger partial charge in [0.1, 0.15) is 5.82 Å². The van der Waals surface area contributed by atoms with E-state index in [4.69, 9.17) is 4.52 Å². The van der Waals surface area contributed by atoms with Crippen molar-refractivity contribution in [2.45, 2.75) is 12.5 Å². The molecule has 1 aliphatic heterocycles. The molecule has 7 heteroatoms. The van der Waals surface area contributed by atoms with E-state index in [1.807, 2.05) is 6.07 Å². The van der Waals surface area contributed by atoms with Crippen LogP contribution in [0.2, 0.25) is 0 Å². The minimum atomic E-state index is -0.205. The van der Waals surface area contributed by atoms with Crippen molar-refractivity contribution < 1.29 is 8.91 Å². The Hall–Kier alpha value is -2.67. The lowest BCUT2D eigenvalue weighted by molar-refractivity contribution is 0.117. The molecular formula is C16H14FN5O. The summed E-state index contributed by atoms with van der Waals surface area (Å²) in [7, 11) is 0. The third kappa shape index (κ3) is 2.95. The second kappa shape index (κ2) is 5.85. The van der Waals surface area contributed by atoms with Gasteiger partial charge in [-0.25, -0.2) is 14.4 Å². The monoisotopic (exact) mass is 311 g/mol. The lowest BCUT2D eigenvalue weighted by Crippen LogP contribution is -2.44. The molecule has 0 N–H and O–H groups in total. The summed E-state index contributed by atoms with van der Waals surface area (Å²) in [4.78, 5) is 14.8. The standard InChI is InChI=1S/C16H14FN5O/c17-13-4-1-3-11(7-13)8-22-9-12(10-22)16-20-15(21-23-16)14-18-5-2-6-19-14/h1-7,12H,8-10H2. The maximum Gasteiger partial charge on any atom is 0.240 e. The summed E-state index contributed by atoms with van der Waals surface area (Å²) in [6, 6.07) is 8.40. The van der Waals surface area contributed by atoms with Crippen LogP contribution in [-0.2, 0) is 6.54 Å². The van der Waals surface area contributed by atoms with E-state index < -0.39 is 0 Å². The van der Waals surface area contributed by atoms with Crippen LogP contribution in [0.1, 0.15) is 17.4 Å². The first-order valence-corrected chi connectivity index (χ1v) is 7.36. The molecule has 6 nitrogen and oxygen atoms in total. The lowest BCUT2D eigenvalue weighted by atomic mass is 9.99. The summed E-state index contributed by atoms with van der Waals surface area (Å²) >= 11 is 0. The van der Waals surface area contributed by atoms with Crippen molar-refractivity contribution in [3.8, 4) is 11.6 Å². The number of benzene rings is 1. The van der Waals surface area contributed by atoms with Crippen LogP contribution in [0.4, 0.5) is 4.39 Å². The quantitative estimate of drug-likeness (QED) is 0.736. The van der Waals surface area contributed by atoms with Gasteiger partial charge in [-0.2, -0.15) is 4.98 Å². The SMILES string of the molecule is Fc1cccc(CN2CC(c3nc(-c4ncccn4)no3)C2)c1. The smallest absolute Gasteiger partial charge is 0.240 e. The molecule has 0 atom stereocenters. The lowest BCUT2D eigenvalue weighted by Gasteiger charge is -2.37. The number of aromatic nitrogens is 4. The van der Waals surface area contributed by atoms with E-state index in [-0.39, 0.29) is 11.7 Å². The van der Waals surface area contributed by atoms with E-state index in [0.29, 0.717) is 17.5 Å². The van der Waals surface area contributed by atoms with Crippen molar-refractivity contribution in [1.29, 1.82) is 0 Å². The zero-order valence-electron chi connectivity index (χ0n) is 12.3. The molecule has 116 valence electrons. The topological polar surface area (TPSA) is 67.9 Å². The fourth-order valence-electron chi connectivity index (χ4n) is 2.66. The third-order valence-electron chi connectivity index (χ3n) is 3.81. The van der Waals surface area contributed by atoms with Gasteiger partial charge in [0.25, 0.3) is 0 Å². The van der Waals surface area contributed by atoms with Crippen LogP contribution < -0.4 is 0 Å². The number of hydrogen-bond donors (Lipinski definition) is 0. The molecule has 2 aromatic heterocycles. The molecule has 0 aliphatic carbocycles. The molecule has 3 aromatic rings. The summed E-state index contributed by atoms with van der Waals surface area (Å²) < 4.78 is 18.5. The van der Waals surface area contributed by atoms with E-state index in [0.717, 1.165) is 25.2 Å². The zero-order chi connectivity index (χ0) is 15.6. The van der Waals surface area contributed by atoms with E-state index in [1.165, 1.54) is 6.07 Å². The Bertz CT molecular complexity index is 801. The van der Waals surface area contributed by atoms with Gasteiger partial charge in [0.05, 0.1) is 5.92 Å². The molecule has 1 saturated heterocycles.